The Kier molecular flexibility index (Phi) is 6.35. The van der Waals surface area contributed by atoms with Gasteiger partial charge in [-0.1, -0.05) is 65.8 Å². The second kappa shape index (κ2) is 9.52. The third-order valence-electron chi connectivity index (χ3n) is 5.48. The maximum absolute atomic E-state index is 13.1. The molecule has 2 heterocycles. The lowest BCUT2D eigenvalue weighted by molar-refractivity contribution is 0.0984. The van der Waals surface area contributed by atoms with Crippen molar-refractivity contribution in [2.45, 2.75) is 12.5 Å². The molecule has 2 aromatic heterocycles. The van der Waals surface area contributed by atoms with Crippen LogP contribution in [0.3, 0.4) is 0 Å². The van der Waals surface area contributed by atoms with Crippen LogP contribution < -0.4 is 15.2 Å². The maximum atomic E-state index is 13.1. The number of ketones is 1. The monoisotopic (exact) mass is 444 g/mol. The fourth-order valence-corrected chi connectivity index (χ4v) is 3.87. The zero-order valence-corrected chi connectivity index (χ0v) is 18.6. The van der Waals surface area contributed by atoms with Crippen LogP contribution in [0.5, 0.6) is 5.75 Å². The minimum absolute atomic E-state index is 0.00994. The van der Waals surface area contributed by atoms with E-state index in [9.17, 15) is 9.59 Å². The zero-order chi connectivity index (χ0) is 23.4. The van der Waals surface area contributed by atoms with Gasteiger partial charge in [0.05, 0.1) is 19.3 Å². The van der Waals surface area contributed by atoms with E-state index in [4.69, 9.17) is 9.26 Å². The Morgan fingerprint density at radius 1 is 1.09 bits per heavy atom. The first-order valence-corrected chi connectivity index (χ1v) is 10.4. The first-order chi connectivity index (χ1) is 16.0. The van der Waals surface area contributed by atoms with Gasteiger partial charge in [0.25, 0.3) is 5.56 Å². The summed E-state index contributed by atoms with van der Waals surface area (Å²) >= 11 is 0. The van der Waals surface area contributed by atoms with Crippen molar-refractivity contribution in [3.05, 3.63) is 106 Å². The summed E-state index contributed by atoms with van der Waals surface area (Å²) in [5.41, 5.74) is 2.17. The molecule has 0 atom stereocenters. The van der Waals surface area contributed by atoms with Crippen molar-refractivity contribution in [2.24, 2.45) is 7.05 Å². The molecule has 2 aromatic carbocycles. The van der Waals surface area contributed by atoms with E-state index in [2.05, 4.69) is 10.1 Å². The molecule has 0 saturated heterocycles. The number of hydrogen-bond donors (Lipinski definition) is 0. The zero-order valence-electron chi connectivity index (χ0n) is 18.6. The van der Waals surface area contributed by atoms with Crippen molar-refractivity contribution in [3.8, 4) is 5.75 Å². The fraction of sp³-hybridized carbons (Fsp3) is 0.200. The van der Waals surface area contributed by atoms with Gasteiger partial charge in [0.2, 0.25) is 11.7 Å². The molecular formula is C25H24N4O4. The largest absolute Gasteiger partial charge is 0.489 e. The van der Waals surface area contributed by atoms with Gasteiger partial charge < -0.3 is 14.2 Å². The van der Waals surface area contributed by atoms with Crippen LogP contribution in [0.15, 0.2) is 82.4 Å². The summed E-state index contributed by atoms with van der Waals surface area (Å²) in [7, 11) is 4.83. The summed E-state index contributed by atoms with van der Waals surface area (Å²) in [6, 6.07) is 19.6. The van der Waals surface area contributed by atoms with Crippen LogP contribution in [0.4, 0.5) is 5.95 Å². The van der Waals surface area contributed by atoms with Crippen molar-refractivity contribution in [1.82, 2.24) is 14.7 Å². The standard InChI is InChI=1S/C25H24N4O4/c1-28(22(18-10-6-4-7-11-18)19-12-8-5-9-13-19)25-27-21(23(32-3)24(31)29(25)2)20(30)14-17-15-26-33-16-17/h4-13,15-16,22H,14H2,1-3H3. The van der Waals surface area contributed by atoms with Gasteiger partial charge in [0.1, 0.15) is 6.26 Å². The van der Waals surface area contributed by atoms with Crippen molar-refractivity contribution in [3.63, 3.8) is 0 Å². The van der Waals surface area contributed by atoms with Crippen molar-refractivity contribution in [2.75, 3.05) is 19.1 Å². The third-order valence-corrected chi connectivity index (χ3v) is 5.48. The third kappa shape index (κ3) is 4.41. The lowest BCUT2D eigenvalue weighted by atomic mass is 9.97. The van der Waals surface area contributed by atoms with E-state index in [-0.39, 0.29) is 29.7 Å². The molecular weight excluding hydrogens is 420 g/mol. The summed E-state index contributed by atoms with van der Waals surface area (Å²) in [6.07, 6.45) is 2.84. The molecule has 8 nitrogen and oxygen atoms in total. The van der Waals surface area contributed by atoms with Gasteiger partial charge in [-0.3, -0.25) is 14.2 Å². The number of benzene rings is 2. The van der Waals surface area contributed by atoms with E-state index >= 15 is 0 Å². The number of aromatic nitrogens is 3. The maximum Gasteiger partial charge on any atom is 0.297 e. The van der Waals surface area contributed by atoms with Gasteiger partial charge in [0, 0.05) is 26.1 Å². The lowest BCUT2D eigenvalue weighted by Gasteiger charge is -2.31. The molecule has 0 fully saturated rings. The first kappa shape index (κ1) is 22.0. The average Bonchev–Trinajstić information content (AvgIpc) is 3.35. The highest BCUT2D eigenvalue weighted by molar-refractivity contribution is 5.98. The minimum atomic E-state index is -0.442. The Morgan fingerprint density at radius 2 is 1.70 bits per heavy atom. The summed E-state index contributed by atoms with van der Waals surface area (Å²) in [5.74, 6) is -0.113. The average molecular weight is 444 g/mol. The Balaban J connectivity index is 1.83. The number of carbonyl (C=O) groups is 1. The molecule has 0 unspecified atom stereocenters. The molecule has 4 aromatic rings. The van der Waals surface area contributed by atoms with Gasteiger partial charge in [0.15, 0.2) is 11.5 Å². The molecule has 0 saturated carbocycles. The minimum Gasteiger partial charge on any atom is -0.489 e. The second-order valence-corrected chi connectivity index (χ2v) is 7.63. The SMILES string of the molecule is COc1c(C(=O)Cc2cnoc2)nc(N(C)C(c2ccccc2)c2ccccc2)n(C)c1=O. The molecule has 0 radical (unpaired) electrons. The number of methoxy groups -OCH3 is 1. The second-order valence-electron chi connectivity index (χ2n) is 7.63. The molecule has 4 rings (SSSR count). The highest BCUT2D eigenvalue weighted by Crippen LogP contribution is 2.31. The van der Waals surface area contributed by atoms with Crippen LogP contribution in [0.1, 0.15) is 33.2 Å². The summed E-state index contributed by atoms with van der Waals surface area (Å²) < 4.78 is 11.5. The lowest BCUT2D eigenvalue weighted by Crippen LogP contribution is -2.34. The van der Waals surface area contributed by atoms with Gasteiger partial charge in [-0.15, -0.1) is 0 Å². The van der Waals surface area contributed by atoms with E-state index in [1.54, 1.807) is 7.05 Å². The van der Waals surface area contributed by atoms with E-state index in [0.717, 1.165) is 11.1 Å². The van der Waals surface area contributed by atoms with Gasteiger partial charge in [-0.05, 0) is 11.1 Å². The normalized spacial score (nSPS) is 10.9. The Morgan fingerprint density at radius 3 is 2.21 bits per heavy atom. The molecule has 0 aliphatic heterocycles. The van der Waals surface area contributed by atoms with Gasteiger partial charge >= 0.3 is 0 Å². The molecule has 0 aliphatic carbocycles. The number of rotatable bonds is 8. The van der Waals surface area contributed by atoms with Crippen molar-refractivity contribution >= 4 is 11.7 Å². The summed E-state index contributed by atoms with van der Waals surface area (Å²) in [4.78, 5) is 32.7. The molecule has 0 amide bonds. The number of nitrogens with zero attached hydrogens (tertiary/aromatic N) is 4. The van der Waals surface area contributed by atoms with Crippen molar-refractivity contribution in [1.29, 1.82) is 0 Å². The predicted molar refractivity (Wildman–Crippen MR) is 124 cm³/mol. The molecule has 168 valence electrons. The highest BCUT2D eigenvalue weighted by Gasteiger charge is 2.27. The number of anilines is 1. The van der Waals surface area contributed by atoms with Crippen LogP contribution in [0.2, 0.25) is 0 Å². The Labute approximate surface area is 191 Å². The van der Waals surface area contributed by atoms with Crippen LogP contribution in [-0.4, -0.2) is 34.6 Å². The number of ether oxygens (including phenoxy) is 1. The van der Waals surface area contributed by atoms with Crippen molar-refractivity contribution < 1.29 is 14.1 Å². The van der Waals surface area contributed by atoms with E-state index < -0.39 is 5.56 Å². The molecule has 0 spiro atoms. The van der Waals surface area contributed by atoms with Gasteiger partial charge in [-0.2, -0.15) is 0 Å². The van der Waals surface area contributed by atoms with Crippen LogP contribution in [0.25, 0.3) is 0 Å². The Hall–Kier alpha value is -4.20. The molecule has 0 bridgehead atoms. The van der Waals surface area contributed by atoms with Crippen LogP contribution in [0, 0.1) is 0 Å². The Bertz CT molecular complexity index is 1250. The first-order valence-electron chi connectivity index (χ1n) is 10.4. The van der Waals surface area contributed by atoms with Crippen LogP contribution >= 0.6 is 0 Å². The topological polar surface area (TPSA) is 90.5 Å². The molecule has 0 aliphatic rings. The molecule has 0 N–H and O–H groups in total. The van der Waals surface area contributed by atoms with E-state index in [1.807, 2.05) is 72.6 Å². The van der Waals surface area contributed by atoms with E-state index in [1.165, 1.54) is 24.1 Å². The summed E-state index contributed by atoms with van der Waals surface area (Å²) in [6.45, 7) is 0. The molecule has 33 heavy (non-hydrogen) atoms. The predicted octanol–water partition coefficient (Wildman–Crippen LogP) is 3.43. The summed E-state index contributed by atoms with van der Waals surface area (Å²) in [5, 5.41) is 3.63. The quantitative estimate of drug-likeness (QED) is 0.385. The fourth-order valence-electron chi connectivity index (χ4n) is 3.87. The number of Topliss-reactive ketones (excluding diaryl/α,β-unsaturated/α-hetero) is 1. The van der Waals surface area contributed by atoms with Gasteiger partial charge in [-0.25, -0.2) is 4.98 Å². The molecule has 8 heteroatoms. The smallest absolute Gasteiger partial charge is 0.297 e. The van der Waals surface area contributed by atoms with Crippen LogP contribution in [-0.2, 0) is 13.5 Å². The highest BCUT2D eigenvalue weighted by atomic mass is 16.5. The number of hydrogen-bond acceptors (Lipinski definition) is 7. The van der Waals surface area contributed by atoms with E-state index in [0.29, 0.717) is 11.5 Å². The number of carbonyl (C=O) groups excluding carboxylic acids is 1.